The maximum atomic E-state index is 13.0. The number of aliphatic hydroxyl groups is 1. The molecule has 1 nitrogen and oxygen atoms in total. The van der Waals surface area contributed by atoms with E-state index in [9.17, 15) is 18.3 Å². The Morgan fingerprint density at radius 1 is 1.22 bits per heavy atom. The van der Waals surface area contributed by atoms with Crippen molar-refractivity contribution in [1.82, 2.24) is 0 Å². The lowest BCUT2D eigenvalue weighted by atomic mass is 9.66. The lowest BCUT2D eigenvalue weighted by Gasteiger charge is -2.43. The van der Waals surface area contributed by atoms with Gasteiger partial charge in [0.15, 0.2) is 5.60 Å². The van der Waals surface area contributed by atoms with Crippen LogP contribution < -0.4 is 0 Å². The maximum Gasteiger partial charge on any atom is 0.417 e. The summed E-state index contributed by atoms with van der Waals surface area (Å²) >= 11 is 0. The second-order valence-corrected chi connectivity index (χ2v) is 5.93. The van der Waals surface area contributed by atoms with Crippen LogP contribution in [-0.2, 0) is 11.8 Å². The molecule has 0 spiro atoms. The SMILES string of the molecule is Cc1ccc2c(c1)CC(O)(C(F)(F)F)CC2(C)C. The van der Waals surface area contributed by atoms with Crippen LogP contribution in [0.15, 0.2) is 18.2 Å². The predicted molar refractivity (Wildman–Crippen MR) is 63.5 cm³/mol. The molecule has 2 rings (SSSR count). The number of benzene rings is 1. The summed E-state index contributed by atoms with van der Waals surface area (Å²) in [6.07, 6.45) is -5.23. The highest BCUT2D eigenvalue weighted by Crippen LogP contribution is 2.48. The molecule has 0 saturated carbocycles. The molecule has 1 unspecified atom stereocenters. The molecule has 1 atom stereocenters. The molecular weight excluding hydrogens is 241 g/mol. The van der Waals surface area contributed by atoms with Crippen LogP contribution in [0.3, 0.4) is 0 Å². The molecule has 1 aromatic rings. The van der Waals surface area contributed by atoms with Crippen LogP contribution in [0.1, 0.15) is 37.0 Å². The number of alkyl halides is 3. The monoisotopic (exact) mass is 258 g/mol. The molecule has 0 saturated heterocycles. The van der Waals surface area contributed by atoms with Gasteiger partial charge >= 0.3 is 6.18 Å². The van der Waals surface area contributed by atoms with Crippen molar-refractivity contribution >= 4 is 0 Å². The zero-order valence-electron chi connectivity index (χ0n) is 10.7. The van der Waals surface area contributed by atoms with E-state index in [0.717, 1.165) is 11.1 Å². The smallest absolute Gasteiger partial charge is 0.380 e. The summed E-state index contributed by atoms with van der Waals surface area (Å²) < 4.78 is 39.0. The largest absolute Gasteiger partial charge is 0.417 e. The molecule has 0 heterocycles. The quantitative estimate of drug-likeness (QED) is 0.755. The van der Waals surface area contributed by atoms with Gasteiger partial charge in [0.25, 0.3) is 0 Å². The molecule has 0 aromatic heterocycles. The van der Waals surface area contributed by atoms with Gasteiger partial charge in [-0.1, -0.05) is 37.6 Å². The normalized spacial score (nSPS) is 26.8. The summed E-state index contributed by atoms with van der Waals surface area (Å²) in [5.41, 5.74) is -0.868. The number of halogens is 3. The van der Waals surface area contributed by atoms with E-state index in [2.05, 4.69) is 0 Å². The first-order chi connectivity index (χ1) is 8.05. The fourth-order valence-corrected chi connectivity index (χ4v) is 2.93. The second kappa shape index (κ2) is 3.73. The minimum Gasteiger partial charge on any atom is -0.380 e. The summed E-state index contributed by atoms with van der Waals surface area (Å²) in [6, 6.07) is 5.52. The molecule has 0 fully saturated rings. The lowest BCUT2D eigenvalue weighted by molar-refractivity contribution is -0.268. The molecule has 1 aliphatic rings. The minimum atomic E-state index is -4.59. The number of hydrogen-bond donors (Lipinski definition) is 1. The Hall–Kier alpha value is -1.03. The summed E-state index contributed by atoms with van der Waals surface area (Å²) in [6.45, 7) is 5.34. The zero-order valence-corrected chi connectivity index (χ0v) is 10.7. The highest BCUT2D eigenvalue weighted by atomic mass is 19.4. The third-order valence-electron chi connectivity index (χ3n) is 3.73. The Labute approximate surface area is 105 Å². The lowest BCUT2D eigenvalue weighted by Crippen LogP contribution is -2.53. The Kier molecular flexibility index (Phi) is 2.78. The Bertz CT molecular complexity index is 476. The van der Waals surface area contributed by atoms with Crippen molar-refractivity contribution < 1.29 is 18.3 Å². The van der Waals surface area contributed by atoms with Crippen molar-refractivity contribution in [2.75, 3.05) is 0 Å². The van der Waals surface area contributed by atoms with Crippen molar-refractivity contribution in [1.29, 1.82) is 0 Å². The molecule has 0 radical (unpaired) electrons. The van der Waals surface area contributed by atoms with Crippen LogP contribution in [0.25, 0.3) is 0 Å². The van der Waals surface area contributed by atoms with E-state index in [1.807, 2.05) is 19.1 Å². The van der Waals surface area contributed by atoms with Crippen LogP contribution in [0.2, 0.25) is 0 Å². The summed E-state index contributed by atoms with van der Waals surface area (Å²) in [5, 5.41) is 9.96. The number of rotatable bonds is 0. The molecule has 4 heteroatoms. The molecule has 1 aromatic carbocycles. The molecule has 0 aliphatic heterocycles. The maximum absolute atomic E-state index is 13.0. The molecule has 0 amide bonds. The second-order valence-electron chi connectivity index (χ2n) is 5.93. The third-order valence-corrected chi connectivity index (χ3v) is 3.73. The van der Waals surface area contributed by atoms with Gasteiger partial charge in [-0.25, -0.2) is 0 Å². The topological polar surface area (TPSA) is 20.2 Å². The number of hydrogen-bond acceptors (Lipinski definition) is 1. The first kappa shape index (κ1) is 13.4. The molecule has 1 aliphatic carbocycles. The van der Waals surface area contributed by atoms with E-state index in [0.29, 0.717) is 5.56 Å². The van der Waals surface area contributed by atoms with Gasteiger partial charge in [-0.05, 0) is 29.9 Å². The first-order valence-electron chi connectivity index (χ1n) is 5.94. The summed E-state index contributed by atoms with van der Waals surface area (Å²) in [7, 11) is 0. The van der Waals surface area contributed by atoms with E-state index < -0.39 is 17.2 Å². The van der Waals surface area contributed by atoms with Gasteiger partial charge in [-0.15, -0.1) is 0 Å². The van der Waals surface area contributed by atoms with Crippen molar-refractivity contribution in [3.8, 4) is 0 Å². The highest BCUT2D eigenvalue weighted by molar-refractivity contribution is 5.41. The van der Waals surface area contributed by atoms with Crippen molar-refractivity contribution in [2.45, 2.75) is 50.8 Å². The standard InChI is InChI=1S/C14H17F3O/c1-9-4-5-11-10(6-9)7-13(18,14(15,16)17)8-12(11,2)3/h4-6,18H,7-8H2,1-3H3. The van der Waals surface area contributed by atoms with Gasteiger partial charge in [-0.2, -0.15) is 13.2 Å². The molecule has 18 heavy (non-hydrogen) atoms. The van der Waals surface area contributed by atoms with E-state index in [1.165, 1.54) is 0 Å². The van der Waals surface area contributed by atoms with Gasteiger partial charge in [0.2, 0.25) is 0 Å². The fraction of sp³-hybridized carbons (Fsp3) is 0.571. The fourth-order valence-electron chi connectivity index (χ4n) is 2.93. The number of aryl methyl sites for hydroxylation is 1. The molecular formula is C14H17F3O. The third kappa shape index (κ3) is 2.03. The average molecular weight is 258 g/mol. The van der Waals surface area contributed by atoms with Gasteiger partial charge in [-0.3, -0.25) is 0 Å². The Balaban J connectivity index is 2.55. The van der Waals surface area contributed by atoms with E-state index in [4.69, 9.17) is 0 Å². The summed E-state index contributed by atoms with van der Waals surface area (Å²) in [4.78, 5) is 0. The predicted octanol–water partition coefficient (Wildman–Crippen LogP) is 3.51. The van der Waals surface area contributed by atoms with Crippen molar-refractivity contribution in [3.63, 3.8) is 0 Å². The van der Waals surface area contributed by atoms with Crippen molar-refractivity contribution in [3.05, 3.63) is 34.9 Å². The van der Waals surface area contributed by atoms with Crippen LogP contribution in [0.5, 0.6) is 0 Å². The molecule has 100 valence electrons. The van der Waals surface area contributed by atoms with E-state index >= 15 is 0 Å². The van der Waals surface area contributed by atoms with E-state index in [-0.39, 0.29) is 12.8 Å². The van der Waals surface area contributed by atoms with Gasteiger partial charge < -0.3 is 5.11 Å². The van der Waals surface area contributed by atoms with E-state index in [1.54, 1.807) is 19.9 Å². The zero-order chi connectivity index (χ0) is 13.8. The van der Waals surface area contributed by atoms with Gasteiger partial charge in [0, 0.05) is 6.42 Å². The molecule has 1 N–H and O–H groups in total. The average Bonchev–Trinajstić information content (AvgIpc) is 2.12. The van der Waals surface area contributed by atoms with Crippen LogP contribution in [0, 0.1) is 6.92 Å². The highest BCUT2D eigenvalue weighted by Gasteiger charge is 2.58. The summed E-state index contributed by atoms with van der Waals surface area (Å²) in [5.74, 6) is 0. The molecule has 0 bridgehead atoms. The van der Waals surface area contributed by atoms with Gasteiger partial charge in [0.05, 0.1) is 0 Å². The first-order valence-corrected chi connectivity index (χ1v) is 5.94. The van der Waals surface area contributed by atoms with Crippen LogP contribution in [0.4, 0.5) is 13.2 Å². The van der Waals surface area contributed by atoms with Crippen molar-refractivity contribution in [2.24, 2.45) is 0 Å². The minimum absolute atomic E-state index is 0.292. The van der Waals surface area contributed by atoms with Gasteiger partial charge in [0.1, 0.15) is 0 Å². The number of fused-ring (bicyclic) bond motifs is 1. The van der Waals surface area contributed by atoms with Crippen LogP contribution >= 0.6 is 0 Å². The van der Waals surface area contributed by atoms with Crippen LogP contribution in [-0.4, -0.2) is 16.9 Å². The Morgan fingerprint density at radius 2 is 1.83 bits per heavy atom. The Morgan fingerprint density at radius 3 is 2.39 bits per heavy atom.